The van der Waals surface area contributed by atoms with Crippen LogP contribution in [0.3, 0.4) is 0 Å². The van der Waals surface area contributed by atoms with Crippen LogP contribution in [0.25, 0.3) is 11.3 Å². The van der Waals surface area contributed by atoms with E-state index in [0.29, 0.717) is 5.56 Å². The summed E-state index contributed by atoms with van der Waals surface area (Å²) in [4.78, 5) is 6.48. The molecule has 0 unspecified atom stereocenters. The molecule has 0 fully saturated rings. The van der Waals surface area contributed by atoms with Gasteiger partial charge in [0.2, 0.25) is 5.82 Å². The first-order valence-electron chi connectivity index (χ1n) is 5.25. The molecule has 0 bridgehead atoms. The van der Waals surface area contributed by atoms with Crippen LogP contribution < -0.4 is 5.73 Å². The number of hydrogen-bond donors (Lipinski definition) is 1. The number of benzene rings is 1. The molecule has 19 heavy (non-hydrogen) atoms. The van der Waals surface area contributed by atoms with Gasteiger partial charge in [0.05, 0.1) is 5.69 Å². The fraction of sp³-hybridized carbons (Fsp3) is 0.167. The highest BCUT2D eigenvalue weighted by Gasteiger charge is 2.35. The Hall–Kier alpha value is -2.18. The van der Waals surface area contributed by atoms with E-state index in [-0.39, 0.29) is 17.1 Å². The van der Waals surface area contributed by atoms with Gasteiger partial charge in [-0.05, 0) is 18.6 Å². The van der Waals surface area contributed by atoms with Crippen LogP contribution >= 0.6 is 0 Å². The highest BCUT2D eigenvalue weighted by molar-refractivity contribution is 5.62. The third-order valence-corrected chi connectivity index (χ3v) is 2.47. The van der Waals surface area contributed by atoms with Gasteiger partial charge >= 0.3 is 6.18 Å². The number of aromatic nitrogens is 2. The lowest BCUT2D eigenvalue weighted by Crippen LogP contribution is -2.13. The van der Waals surface area contributed by atoms with Gasteiger partial charge in [0, 0.05) is 11.6 Å². The number of halogens is 4. The quantitative estimate of drug-likeness (QED) is 0.810. The third-order valence-electron chi connectivity index (χ3n) is 2.47. The smallest absolute Gasteiger partial charge is 0.384 e. The van der Waals surface area contributed by atoms with Crippen LogP contribution in [-0.4, -0.2) is 9.97 Å². The van der Waals surface area contributed by atoms with Gasteiger partial charge in [-0.1, -0.05) is 12.1 Å². The summed E-state index contributed by atoms with van der Waals surface area (Å²) in [5.41, 5.74) is 5.85. The molecule has 0 aliphatic rings. The van der Waals surface area contributed by atoms with E-state index in [1.807, 2.05) is 0 Å². The van der Waals surface area contributed by atoms with Crippen LogP contribution in [0.1, 0.15) is 11.4 Å². The number of hydrogen-bond acceptors (Lipinski definition) is 3. The molecule has 2 N–H and O–H groups in total. The van der Waals surface area contributed by atoms with E-state index in [2.05, 4.69) is 9.97 Å². The Labute approximate surface area is 106 Å². The van der Waals surface area contributed by atoms with Crippen molar-refractivity contribution in [3.8, 4) is 11.3 Å². The van der Waals surface area contributed by atoms with E-state index in [0.717, 1.165) is 6.07 Å². The Bertz CT molecular complexity index is 623. The first-order valence-corrected chi connectivity index (χ1v) is 5.25. The van der Waals surface area contributed by atoms with Crippen LogP contribution in [-0.2, 0) is 6.18 Å². The summed E-state index contributed by atoms with van der Waals surface area (Å²) in [5, 5.41) is 0. The molecule has 1 aromatic heterocycles. The number of rotatable bonds is 1. The Morgan fingerprint density at radius 3 is 2.37 bits per heavy atom. The molecule has 7 heteroatoms. The zero-order chi connectivity index (χ0) is 14.2. The minimum atomic E-state index is -4.70. The molecule has 1 aromatic carbocycles. The Morgan fingerprint density at radius 1 is 1.11 bits per heavy atom. The van der Waals surface area contributed by atoms with E-state index in [4.69, 9.17) is 5.73 Å². The van der Waals surface area contributed by atoms with Crippen LogP contribution in [0, 0.1) is 12.7 Å². The predicted octanol–water partition coefficient (Wildman–Crippen LogP) is 3.19. The second-order valence-corrected chi connectivity index (χ2v) is 3.96. The molecule has 1 heterocycles. The predicted molar refractivity (Wildman–Crippen MR) is 61.6 cm³/mol. The number of nitrogens with zero attached hydrogens (tertiary/aromatic N) is 2. The van der Waals surface area contributed by atoms with E-state index in [1.165, 1.54) is 18.2 Å². The number of nitrogen functional groups attached to an aromatic ring is 1. The lowest BCUT2D eigenvalue weighted by atomic mass is 10.1. The molecule has 0 saturated carbocycles. The van der Waals surface area contributed by atoms with Gasteiger partial charge in [0.15, 0.2) is 0 Å². The lowest BCUT2D eigenvalue weighted by molar-refractivity contribution is -0.144. The molecule has 3 nitrogen and oxygen atoms in total. The first kappa shape index (κ1) is 13.3. The van der Waals surface area contributed by atoms with Crippen molar-refractivity contribution in [2.75, 3.05) is 5.73 Å². The molecule has 0 spiro atoms. The molecule has 0 aliphatic carbocycles. The molecular weight excluding hydrogens is 262 g/mol. The number of anilines is 1. The van der Waals surface area contributed by atoms with E-state index in [9.17, 15) is 17.6 Å². The van der Waals surface area contributed by atoms with Gasteiger partial charge in [-0.15, -0.1) is 0 Å². The standard InChI is InChI=1S/C12H9F4N3/c1-6-2-3-7(4-8(6)13)9-5-10(17)19-11(18-9)12(14,15)16/h2-5H,1H3,(H2,17,18,19). The van der Waals surface area contributed by atoms with Gasteiger partial charge in [-0.2, -0.15) is 13.2 Å². The summed E-state index contributed by atoms with van der Waals surface area (Å²) < 4.78 is 51.1. The van der Waals surface area contributed by atoms with Gasteiger partial charge in [0.25, 0.3) is 0 Å². The maximum absolute atomic E-state index is 13.4. The van der Waals surface area contributed by atoms with Crippen LogP contribution in [0.2, 0.25) is 0 Å². The number of alkyl halides is 3. The van der Waals surface area contributed by atoms with E-state index >= 15 is 0 Å². The SMILES string of the molecule is Cc1ccc(-c2cc(N)nc(C(F)(F)F)n2)cc1F. The summed E-state index contributed by atoms with van der Waals surface area (Å²) in [6.45, 7) is 1.55. The van der Waals surface area contributed by atoms with Gasteiger partial charge in [-0.25, -0.2) is 14.4 Å². The topological polar surface area (TPSA) is 51.8 Å². The molecule has 2 rings (SSSR count). The van der Waals surface area contributed by atoms with Crippen molar-refractivity contribution in [3.05, 3.63) is 41.5 Å². The highest BCUT2D eigenvalue weighted by Crippen LogP contribution is 2.29. The summed E-state index contributed by atoms with van der Waals surface area (Å²) in [7, 11) is 0. The Kier molecular flexibility index (Phi) is 3.13. The molecular formula is C12H9F4N3. The zero-order valence-electron chi connectivity index (χ0n) is 9.79. The van der Waals surface area contributed by atoms with Gasteiger partial charge < -0.3 is 5.73 Å². The fourth-order valence-corrected chi connectivity index (χ4v) is 1.49. The summed E-state index contributed by atoms with van der Waals surface area (Å²) >= 11 is 0. The normalized spacial score (nSPS) is 11.6. The van der Waals surface area contributed by atoms with Gasteiger partial charge in [-0.3, -0.25) is 0 Å². The van der Waals surface area contributed by atoms with Crippen molar-refractivity contribution >= 4 is 5.82 Å². The highest BCUT2D eigenvalue weighted by atomic mass is 19.4. The monoisotopic (exact) mass is 271 g/mol. The van der Waals surface area contributed by atoms with Crippen molar-refractivity contribution in [3.63, 3.8) is 0 Å². The maximum atomic E-state index is 13.4. The average molecular weight is 271 g/mol. The fourth-order valence-electron chi connectivity index (χ4n) is 1.49. The second-order valence-electron chi connectivity index (χ2n) is 3.96. The lowest BCUT2D eigenvalue weighted by Gasteiger charge is -2.09. The van der Waals surface area contributed by atoms with Gasteiger partial charge in [0.1, 0.15) is 11.6 Å². The molecule has 100 valence electrons. The Morgan fingerprint density at radius 2 is 1.79 bits per heavy atom. The summed E-state index contributed by atoms with van der Waals surface area (Å²) in [6.07, 6.45) is -4.70. The molecule has 0 atom stereocenters. The number of nitrogens with two attached hydrogens (primary N) is 1. The van der Waals surface area contributed by atoms with Crippen LogP contribution in [0.4, 0.5) is 23.4 Å². The van der Waals surface area contributed by atoms with Crippen LogP contribution in [0.15, 0.2) is 24.3 Å². The van der Waals surface area contributed by atoms with Crippen molar-refractivity contribution in [2.45, 2.75) is 13.1 Å². The second kappa shape index (κ2) is 4.49. The first-order chi connectivity index (χ1) is 8.77. The third kappa shape index (κ3) is 2.81. The van der Waals surface area contributed by atoms with Crippen molar-refractivity contribution in [2.24, 2.45) is 0 Å². The maximum Gasteiger partial charge on any atom is 0.451 e. The minimum Gasteiger partial charge on any atom is -0.384 e. The van der Waals surface area contributed by atoms with Crippen LogP contribution in [0.5, 0.6) is 0 Å². The van der Waals surface area contributed by atoms with Crippen molar-refractivity contribution in [1.82, 2.24) is 9.97 Å². The Balaban J connectivity index is 2.56. The van der Waals surface area contributed by atoms with E-state index in [1.54, 1.807) is 6.92 Å². The molecule has 0 radical (unpaired) electrons. The zero-order valence-corrected chi connectivity index (χ0v) is 9.79. The minimum absolute atomic E-state index is 0.0706. The molecule has 0 aliphatic heterocycles. The average Bonchev–Trinajstić information content (AvgIpc) is 2.31. The summed E-state index contributed by atoms with van der Waals surface area (Å²) in [5.74, 6) is -2.19. The molecule has 0 saturated heterocycles. The number of aryl methyl sites for hydroxylation is 1. The summed E-state index contributed by atoms with van der Waals surface area (Å²) in [6, 6.07) is 5.20. The molecule has 2 aromatic rings. The van der Waals surface area contributed by atoms with Crippen molar-refractivity contribution < 1.29 is 17.6 Å². The molecule has 0 amide bonds. The van der Waals surface area contributed by atoms with Crippen molar-refractivity contribution in [1.29, 1.82) is 0 Å². The van der Waals surface area contributed by atoms with E-state index < -0.39 is 17.8 Å². The largest absolute Gasteiger partial charge is 0.451 e.